The molecule has 92 valence electrons. The third-order valence-electron chi connectivity index (χ3n) is 3.05. The van der Waals surface area contributed by atoms with Gasteiger partial charge in [0.2, 0.25) is 0 Å². The number of rotatable bonds is 3. The minimum atomic E-state index is -0.903. The van der Waals surface area contributed by atoms with Crippen molar-refractivity contribution in [2.24, 2.45) is 0 Å². The Morgan fingerprint density at radius 3 is 2.94 bits per heavy atom. The summed E-state index contributed by atoms with van der Waals surface area (Å²) in [6, 6.07) is 4.52. The van der Waals surface area contributed by atoms with Crippen molar-refractivity contribution in [3.63, 3.8) is 0 Å². The van der Waals surface area contributed by atoms with Crippen molar-refractivity contribution in [2.75, 3.05) is 12.8 Å². The molecule has 1 aromatic carbocycles. The molecule has 0 radical (unpaired) electrons. The van der Waals surface area contributed by atoms with Crippen LogP contribution in [0.5, 0.6) is 0 Å². The lowest BCUT2D eigenvalue weighted by atomic mass is 10.1. The van der Waals surface area contributed by atoms with E-state index in [1.807, 2.05) is 11.8 Å². The standard InChI is InChI=1S/C12H15FN2OS/c1-8(17(2)16)6-15-7-9-3-4-10(13)5-11(9)12(15)14/h3-5,8,14H,6-7H2,1-2H3. The molecule has 3 nitrogen and oxygen atoms in total. The molecular formula is C12H15FN2OS. The molecule has 0 amide bonds. The third-order valence-corrected chi connectivity index (χ3v) is 4.33. The summed E-state index contributed by atoms with van der Waals surface area (Å²) in [4.78, 5) is 1.84. The smallest absolute Gasteiger partial charge is 0.128 e. The van der Waals surface area contributed by atoms with Crippen molar-refractivity contribution in [1.82, 2.24) is 4.90 Å². The number of amidine groups is 1. The summed E-state index contributed by atoms with van der Waals surface area (Å²) in [6.07, 6.45) is 1.66. The van der Waals surface area contributed by atoms with Gasteiger partial charge in [-0.15, -0.1) is 0 Å². The molecule has 1 aliphatic heterocycles. The van der Waals surface area contributed by atoms with E-state index in [1.165, 1.54) is 12.1 Å². The molecule has 2 atom stereocenters. The van der Waals surface area contributed by atoms with Gasteiger partial charge in [0.25, 0.3) is 0 Å². The van der Waals surface area contributed by atoms with Crippen LogP contribution < -0.4 is 0 Å². The lowest BCUT2D eigenvalue weighted by Gasteiger charge is -2.21. The summed E-state index contributed by atoms with van der Waals surface area (Å²) in [5, 5.41) is 7.99. The van der Waals surface area contributed by atoms with Gasteiger partial charge in [0.05, 0.1) is 0 Å². The molecule has 1 aromatic rings. The first kappa shape index (κ1) is 12.2. The van der Waals surface area contributed by atoms with E-state index in [-0.39, 0.29) is 11.1 Å². The number of fused-ring (bicyclic) bond motifs is 1. The highest BCUT2D eigenvalue weighted by Gasteiger charge is 2.26. The van der Waals surface area contributed by atoms with Crippen LogP contribution in [0.2, 0.25) is 0 Å². The van der Waals surface area contributed by atoms with Crippen molar-refractivity contribution in [3.05, 3.63) is 35.1 Å². The maximum atomic E-state index is 13.1. The molecule has 0 saturated heterocycles. The minimum absolute atomic E-state index is 0.00880. The van der Waals surface area contributed by atoms with Gasteiger partial charge in [-0.1, -0.05) is 6.07 Å². The maximum Gasteiger partial charge on any atom is 0.128 e. The Labute approximate surface area is 103 Å². The van der Waals surface area contributed by atoms with Crippen molar-refractivity contribution in [3.8, 4) is 0 Å². The summed E-state index contributed by atoms with van der Waals surface area (Å²) in [5.74, 6) is 0.0132. The molecule has 17 heavy (non-hydrogen) atoms. The molecule has 1 aliphatic rings. The van der Waals surface area contributed by atoms with Gasteiger partial charge in [0, 0.05) is 41.0 Å². The lowest BCUT2D eigenvalue weighted by molar-refractivity contribution is 0.429. The van der Waals surface area contributed by atoms with Crippen LogP contribution in [-0.4, -0.2) is 33.0 Å². The fraction of sp³-hybridized carbons (Fsp3) is 0.417. The number of hydrogen-bond acceptors (Lipinski definition) is 2. The Morgan fingerprint density at radius 2 is 2.29 bits per heavy atom. The Hall–Kier alpha value is -1.23. The second-order valence-electron chi connectivity index (χ2n) is 4.34. The minimum Gasteiger partial charge on any atom is -0.351 e. The first-order valence-corrected chi connectivity index (χ1v) is 7.05. The van der Waals surface area contributed by atoms with Crippen LogP contribution in [-0.2, 0) is 17.3 Å². The van der Waals surface area contributed by atoms with E-state index in [4.69, 9.17) is 5.41 Å². The second kappa shape index (κ2) is 4.56. The van der Waals surface area contributed by atoms with Crippen molar-refractivity contribution >= 4 is 16.6 Å². The number of benzene rings is 1. The highest BCUT2D eigenvalue weighted by Crippen LogP contribution is 2.23. The average Bonchev–Trinajstić information content (AvgIpc) is 2.56. The van der Waals surface area contributed by atoms with Gasteiger partial charge in [-0.05, 0) is 24.6 Å². The summed E-state index contributed by atoms with van der Waals surface area (Å²) in [7, 11) is -0.903. The van der Waals surface area contributed by atoms with Crippen molar-refractivity contribution in [1.29, 1.82) is 5.41 Å². The number of nitrogens with one attached hydrogen (secondary N) is 1. The van der Waals surface area contributed by atoms with Gasteiger partial charge in [0.15, 0.2) is 0 Å². The zero-order chi connectivity index (χ0) is 12.6. The normalized spacial score (nSPS) is 18.1. The molecule has 1 N–H and O–H groups in total. The molecule has 0 saturated carbocycles. The molecule has 0 aliphatic carbocycles. The van der Waals surface area contributed by atoms with E-state index in [1.54, 1.807) is 12.3 Å². The van der Waals surface area contributed by atoms with Crippen LogP contribution in [0.3, 0.4) is 0 Å². The number of hydrogen-bond donors (Lipinski definition) is 1. The highest BCUT2D eigenvalue weighted by molar-refractivity contribution is 7.84. The van der Waals surface area contributed by atoms with Crippen LogP contribution in [0, 0.1) is 11.2 Å². The number of nitrogens with zero attached hydrogens (tertiary/aromatic N) is 1. The van der Waals surface area contributed by atoms with Gasteiger partial charge in [-0.3, -0.25) is 9.62 Å². The molecule has 1 heterocycles. The van der Waals surface area contributed by atoms with E-state index in [0.29, 0.717) is 24.5 Å². The predicted octanol–water partition coefficient (Wildman–Crippen LogP) is 1.73. The van der Waals surface area contributed by atoms with Gasteiger partial charge in [-0.2, -0.15) is 0 Å². The van der Waals surface area contributed by atoms with E-state index in [2.05, 4.69) is 0 Å². The van der Waals surface area contributed by atoms with Crippen LogP contribution >= 0.6 is 0 Å². The van der Waals surface area contributed by atoms with Gasteiger partial charge in [-0.25, -0.2) is 4.39 Å². The van der Waals surface area contributed by atoms with Gasteiger partial charge >= 0.3 is 0 Å². The van der Waals surface area contributed by atoms with E-state index >= 15 is 0 Å². The number of halogens is 1. The van der Waals surface area contributed by atoms with E-state index in [0.717, 1.165) is 5.56 Å². The fourth-order valence-corrected chi connectivity index (χ4v) is 2.32. The monoisotopic (exact) mass is 254 g/mol. The van der Waals surface area contributed by atoms with Gasteiger partial charge in [0.1, 0.15) is 11.7 Å². The summed E-state index contributed by atoms with van der Waals surface area (Å²) < 4.78 is 24.4. The molecule has 0 fully saturated rings. The molecule has 2 rings (SSSR count). The van der Waals surface area contributed by atoms with Crippen LogP contribution in [0.25, 0.3) is 0 Å². The highest BCUT2D eigenvalue weighted by atomic mass is 32.2. The first-order valence-electron chi connectivity index (χ1n) is 5.43. The summed E-state index contributed by atoms with van der Waals surface area (Å²) in [6.45, 7) is 3.07. The molecule has 0 spiro atoms. The Bertz CT molecular complexity index is 489. The Balaban J connectivity index is 2.17. The van der Waals surface area contributed by atoms with E-state index in [9.17, 15) is 8.60 Å². The summed E-state index contributed by atoms with van der Waals surface area (Å²) in [5.41, 5.74) is 1.62. The molecule has 2 unspecified atom stereocenters. The van der Waals surface area contributed by atoms with E-state index < -0.39 is 10.8 Å². The first-order chi connectivity index (χ1) is 7.99. The van der Waals surface area contributed by atoms with Crippen LogP contribution in [0.1, 0.15) is 18.1 Å². The maximum absolute atomic E-state index is 13.1. The molecule has 5 heteroatoms. The lowest BCUT2D eigenvalue weighted by Crippen LogP contribution is -2.33. The van der Waals surface area contributed by atoms with Gasteiger partial charge < -0.3 is 4.90 Å². The van der Waals surface area contributed by atoms with Crippen LogP contribution in [0.4, 0.5) is 4.39 Å². The third kappa shape index (κ3) is 2.39. The summed E-state index contributed by atoms with van der Waals surface area (Å²) >= 11 is 0. The molecule has 0 aromatic heterocycles. The van der Waals surface area contributed by atoms with Crippen LogP contribution in [0.15, 0.2) is 18.2 Å². The van der Waals surface area contributed by atoms with Crippen molar-refractivity contribution in [2.45, 2.75) is 18.7 Å². The zero-order valence-corrected chi connectivity index (χ0v) is 10.7. The predicted molar refractivity (Wildman–Crippen MR) is 67.2 cm³/mol. The average molecular weight is 254 g/mol. The molecule has 0 bridgehead atoms. The quantitative estimate of drug-likeness (QED) is 0.893. The fourth-order valence-electron chi connectivity index (χ4n) is 1.93. The van der Waals surface area contributed by atoms with Crippen molar-refractivity contribution < 1.29 is 8.60 Å². The SMILES string of the molecule is CC(CN1Cc2ccc(F)cc2C1=N)S(C)=O. The largest absolute Gasteiger partial charge is 0.351 e. The Kier molecular flexibility index (Phi) is 3.28. The zero-order valence-electron chi connectivity index (χ0n) is 9.87. The topological polar surface area (TPSA) is 44.2 Å². The Morgan fingerprint density at radius 1 is 1.59 bits per heavy atom. The molecular weight excluding hydrogens is 239 g/mol. The second-order valence-corrected chi connectivity index (χ2v) is 6.14.